The molecule has 1 fully saturated rings. The van der Waals surface area contributed by atoms with Crippen LogP contribution in [0.2, 0.25) is 0 Å². The van der Waals surface area contributed by atoms with Crippen molar-refractivity contribution in [1.82, 2.24) is 0 Å². The molecule has 0 amide bonds. The molecule has 9 nitrogen and oxygen atoms in total. The Labute approximate surface area is 214 Å². The maximum atomic E-state index is 12.6. The second-order valence-electron chi connectivity index (χ2n) is 8.22. The van der Waals surface area contributed by atoms with Crippen molar-refractivity contribution in [3.8, 4) is 23.0 Å². The minimum absolute atomic E-state index is 0.108. The molecule has 0 aromatic heterocycles. The first-order valence-corrected chi connectivity index (χ1v) is 11.7. The molecule has 1 aliphatic carbocycles. The van der Waals surface area contributed by atoms with Gasteiger partial charge in [0.25, 0.3) is 0 Å². The van der Waals surface area contributed by atoms with Crippen LogP contribution in [0.5, 0.6) is 23.0 Å². The smallest absolute Gasteiger partial charge is 0.333 e. The number of hydrogen-bond donors (Lipinski definition) is 0. The zero-order chi connectivity index (χ0) is 26.6. The number of carbonyl (C=O) groups excluding carboxylic acids is 4. The van der Waals surface area contributed by atoms with E-state index in [-0.39, 0.29) is 43.0 Å². The monoisotopic (exact) mass is 508 g/mol. The fraction of sp³-hybridized carbons (Fsp3) is 0.286. The lowest BCUT2D eigenvalue weighted by Crippen LogP contribution is -2.30. The van der Waals surface area contributed by atoms with Crippen LogP contribution in [0.4, 0.5) is 0 Å². The van der Waals surface area contributed by atoms with E-state index in [0.29, 0.717) is 48.7 Å². The Kier molecular flexibility index (Phi) is 10.0. The van der Waals surface area contributed by atoms with Crippen LogP contribution in [-0.4, -0.2) is 37.1 Å². The van der Waals surface area contributed by atoms with E-state index < -0.39 is 5.97 Å². The maximum Gasteiger partial charge on any atom is 0.333 e. The SMILES string of the molecule is C=CC(=O)COc1ccc(OC(=O)C2CCC(C(=O)Oc3ccc(OCOC(=O)C=C)cc3)CC2)cc1. The number of rotatable bonds is 12. The lowest BCUT2D eigenvalue weighted by atomic mass is 9.82. The fourth-order valence-corrected chi connectivity index (χ4v) is 3.60. The zero-order valence-electron chi connectivity index (χ0n) is 20.3. The highest BCUT2D eigenvalue weighted by atomic mass is 16.7. The van der Waals surface area contributed by atoms with Crippen LogP contribution in [0, 0.1) is 11.8 Å². The molecular weight excluding hydrogens is 480 g/mol. The minimum Gasteiger partial charge on any atom is -0.485 e. The van der Waals surface area contributed by atoms with Crippen molar-refractivity contribution in [2.24, 2.45) is 11.8 Å². The first-order chi connectivity index (χ1) is 17.9. The Morgan fingerprint density at radius 3 is 1.54 bits per heavy atom. The highest BCUT2D eigenvalue weighted by Gasteiger charge is 2.32. The van der Waals surface area contributed by atoms with E-state index >= 15 is 0 Å². The van der Waals surface area contributed by atoms with Gasteiger partial charge in [-0.2, -0.15) is 0 Å². The van der Waals surface area contributed by atoms with Gasteiger partial charge in [0.2, 0.25) is 6.79 Å². The average Bonchev–Trinajstić information content (AvgIpc) is 2.93. The van der Waals surface area contributed by atoms with Gasteiger partial charge in [0.15, 0.2) is 12.4 Å². The first-order valence-electron chi connectivity index (χ1n) is 11.7. The molecule has 2 aromatic carbocycles. The molecule has 1 aliphatic rings. The van der Waals surface area contributed by atoms with Crippen LogP contribution in [0.3, 0.4) is 0 Å². The largest absolute Gasteiger partial charge is 0.485 e. The summed E-state index contributed by atoms with van der Waals surface area (Å²) >= 11 is 0. The molecule has 2 aromatic rings. The summed E-state index contributed by atoms with van der Waals surface area (Å²) in [7, 11) is 0. The van der Waals surface area contributed by atoms with Gasteiger partial charge < -0.3 is 23.7 Å². The molecule has 9 heteroatoms. The molecule has 0 aliphatic heterocycles. The van der Waals surface area contributed by atoms with E-state index in [1.54, 1.807) is 48.5 Å². The van der Waals surface area contributed by atoms with Gasteiger partial charge in [0, 0.05) is 6.08 Å². The van der Waals surface area contributed by atoms with Gasteiger partial charge >= 0.3 is 17.9 Å². The van der Waals surface area contributed by atoms with Gasteiger partial charge in [-0.15, -0.1) is 0 Å². The van der Waals surface area contributed by atoms with Gasteiger partial charge in [0.1, 0.15) is 23.0 Å². The summed E-state index contributed by atoms with van der Waals surface area (Å²) in [5.41, 5.74) is 0. The number of ketones is 1. The molecule has 194 valence electrons. The third kappa shape index (κ3) is 8.64. The third-order valence-corrected chi connectivity index (χ3v) is 5.68. The maximum absolute atomic E-state index is 12.6. The summed E-state index contributed by atoms with van der Waals surface area (Å²) in [6, 6.07) is 12.8. The lowest BCUT2D eigenvalue weighted by molar-refractivity contribution is -0.145. The normalized spacial score (nSPS) is 16.5. The van der Waals surface area contributed by atoms with Crippen LogP contribution in [0.1, 0.15) is 25.7 Å². The number of hydrogen-bond acceptors (Lipinski definition) is 9. The second-order valence-corrected chi connectivity index (χ2v) is 8.22. The Morgan fingerprint density at radius 1 is 0.676 bits per heavy atom. The van der Waals surface area contributed by atoms with Crippen molar-refractivity contribution in [1.29, 1.82) is 0 Å². The molecule has 0 N–H and O–H groups in total. The molecule has 0 spiro atoms. The average molecular weight is 509 g/mol. The summed E-state index contributed by atoms with van der Waals surface area (Å²) < 4.78 is 26.2. The number of esters is 3. The zero-order valence-corrected chi connectivity index (χ0v) is 20.3. The van der Waals surface area contributed by atoms with E-state index in [4.69, 9.17) is 23.7 Å². The van der Waals surface area contributed by atoms with Crippen molar-refractivity contribution in [3.05, 3.63) is 73.8 Å². The van der Waals surface area contributed by atoms with Crippen molar-refractivity contribution < 1.29 is 42.9 Å². The standard InChI is InChI=1S/C28H28O9/c1-3-21(29)17-33-22-9-13-24(14-10-22)36-27(31)19-5-7-20(8-6-19)28(32)37-25-15-11-23(12-16-25)34-18-35-26(30)4-2/h3-4,9-16,19-20H,1-2,5-8,17-18H2. The molecule has 0 heterocycles. The predicted molar refractivity (Wildman–Crippen MR) is 132 cm³/mol. The summed E-state index contributed by atoms with van der Waals surface area (Å²) in [5, 5.41) is 0. The highest BCUT2D eigenvalue weighted by molar-refractivity contribution is 5.90. The van der Waals surface area contributed by atoms with Crippen molar-refractivity contribution in [3.63, 3.8) is 0 Å². The van der Waals surface area contributed by atoms with Crippen molar-refractivity contribution in [2.75, 3.05) is 13.4 Å². The summed E-state index contributed by atoms with van der Waals surface area (Å²) in [6.45, 7) is 6.31. The van der Waals surface area contributed by atoms with Crippen molar-refractivity contribution >= 4 is 23.7 Å². The lowest BCUT2D eigenvalue weighted by Gasteiger charge is -2.25. The van der Waals surface area contributed by atoms with Crippen LogP contribution in [0.25, 0.3) is 0 Å². The summed E-state index contributed by atoms with van der Waals surface area (Å²) in [4.78, 5) is 47.4. The summed E-state index contributed by atoms with van der Waals surface area (Å²) in [6.07, 6.45) is 4.28. The molecule has 0 atom stereocenters. The van der Waals surface area contributed by atoms with Gasteiger partial charge in [-0.05, 0) is 80.3 Å². The van der Waals surface area contributed by atoms with Gasteiger partial charge in [-0.3, -0.25) is 14.4 Å². The quantitative estimate of drug-likeness (QED) is 0.180. The Bertz CT molecular complexity index is 1110. The highest BCUT2D eigenvalue weighted by Crippen LogP contribution is 2.32. The van der Waals surface area contributed by atoms with Gasteiger partial charge in [-0.1, -0.05) is 13.2 Å². The first kappa shape index (κ1) is 27.2. The van der Waals surface area contributed by atoms with E-state index in [9.17, 15) is 19.2 Å². The number of carbonyl (C=O) groups is 4. The van der Waals surface area contributed by atoms with Crippen LogP contribution in [0.15, 0.2) is 73.8 Å². The molecule has 0 bridgehead atoms. The molecule has 1 saturated carbocycles. The van der Waals surface area contributed by atoms with Gasteiger partial charge in [-0.25, -0.2) is 4.79 Å². The second kappa shape index (κ2) is 13.6. The van der Waals surface area contributed by atoms with E-state index in [1.807, 2.05) is 0 Å². The van der Waals surface area contributed by atoms with E-state index in [2.05, 4.69) is 13.2 Å². The number of ether oxygens (including phenoxy) is 5. The molecule has 37 heavy (non-hydrogen) atoms. The van der Waals surface area contributed by atoms with Gasteiger partial charge in [0.05, 0.1) is 11.8 Å². The third-order valence-electron chi connectivity index (χ3n) is 5.68. The molecular formula is C28H28O9. The topological polar surface area (TPSA) is 114 Å². The predicted octanol–water partition coefficient (Wildman–Crippen LogP) is 4.20. The van der Waals surface area contributed by atoms with Crippen LogP contribution < -0.4 is 18.9 Å². The fourth-order valence-electron chi connectivity index (χ4n) is 3.60. The van der Waals surface area contributed by atoms with Crippen LogP contribution >= 0.6 is 0 Å². The van der Waals surface area contributed by atoms with Crippen molar-refractivity contribution in [2.45, 2.75) is 25.7 Å². The molecule has 3 rings (SSSR count). The molecule has 0 radical (unpaired) electrons. The summed E-state index contributed by atoms with van der Waals surface area (Å²) in [5.74, 6) is -0.489. The Morgan fingerprint density at radius 2 is 1.11 bits per heavy atom. The molecule has 0 saturated heterocycles. The van der Waals surface area contributed by atoms with E-state index in [1.165, 1.54) is 6.08 Å². The Hall–Kier alpha value is -4.40. The Balaban J connectivity index is 1.40. The molecule has 0 unspecified atom stereocenters. The van der Waals surface area contributed by atoms with E-state index in [0.717, 1.165) is 6.08 Å². The number of benzene rings is 2. The van der Waals surface area contributed by atoms with Crippen LogP contribution in [-0.2, 0) is 23.9 Å². The minimum atomic E-state index is -0.590.